The number of carbonyl (C=O) groups excluding carboxylic acids is 1. The van der Waals surface area contributed by atoms with Crippen molar-refractivity contribution in [2.45, 2.75) is 18.4 Å². The monoisotopic (exact) mass is 400 g/mol. The molecule has 27 heavy (non-hydrogen) atoms. The number of alkyl halides is 3. The highest BCUT2D eigenvalue weighted by Crippen LogP contribution is 2.25. The maximum atomic E-state index is 12.2. The van der Waals surface area contributed by atoms with Crippen LogP contribution >= 0.6 is 11.8 Å². The van der Waals surface area contributed by atoms with E-state index in [2.05, 4.69) is 30.7 Å². The number of rotatable bonds is 6. The molecule has 0 radical (unpaired) electrons. The predicted octanol–water partition coefficient (Wildman–Crippen LogP) is 2.59. The number of anilines is 1. The number of halogens is 3. The Balaban J connectivity index is 1.62. The third-order valence-corrected chi connectivity index (χ3v) is 3.90. The molecule has 0 spiro atoms. The average Bonchev–Trinajstić information content (AvgIpc) is 3.21. The molecule has 0 aliphatic rings. The van der Waals surface area contributed by atoms with E-state index in [-0.39, 0.29) is 28.4 Å². The molecule has 142 valence electrons. The highest BCUT2D eigenvalue weighted by Gasteiger charge is 2.31. The Morgan fingerprint density at radius 2 is 2.07 bits per heavy atom. The van der Waals surface area contributed by atoms with Crippen LogP contribution in [0.4, 0.5) is 19.0 Å². The van der Waals surface area contributed by atoms with Crippen LogP contribution in [0, 0.1) is 6.92 Å². The highest BCUT2D eigenvalue weighted by atomic mass is 32.2. The fourth-order valence-electron chi connectivity index (χ4n) is 1.95. The van der Waals surface area contributed by atoms with E-state index in [1.54, 1.807) is 13.0 Å². The quantitative estimate of drug-likeness (QED) is 0.629. The number of carbonyl (C=O) groups is 1. The van der Waals surface area contributed by atoms with E-state index in [0.717, 1.165) is 23.9 Å². The van der Waals surface area contributed by atoms with Crippen LogP contribution in [0.15, 0.2) is 40.0 Å². The smallest absolute Gasteiger partial charge is 0.406 e. The zero-order valence-corrected chi connectivity index (χ0v) is 14.4. The van der Waals surface area contributed by atoms with Gasteiger partial charge in [-0.05, 0) is 41.6 Å². The summed E-state index contributed by atoms with van der Waals surface area (Å²) in [5.74, 6) is 0.118. The Labute approximate surface area is 153 Å². The largest absolute Gasteiger partial charge is 0.573 e. The summed E-state index contributed by atoms with van der Waals surface area (Å²) in [6, 6.07) is 6.56. The van der Waals surface area contributed by atoms with E-state index in [4.69, 9.17) is 4.52 Å². The van der Waals surface area contributed by atoms with Crippen LogP contribution in [-0.2, 0) is 4.79 Å². The van der Waals surface area contributed by atoms with Gasteiger partial charge in [0.15, 0.2) is 5.82 Å². The lowest BCUT2D eigenvalue weighted by Gasteiger charge is -2.09. The van der Waals surface area contributed by atoms with Crippen molar-refractivity contribution in [3.8, 4) is 11.4 Å². The number of nitrogens with zero attached hydrogens (tertiary/aromatic N) is 5. The SMILES string of the molecule is Cc1cc(NC(=O)CSc2nnnn2-c2ccc(OC(F)(F)F)cc2)no1. The summed E-state index contributed by atoms with van der Waals surface area (Å²) in [5, 5.41) is 17.6. The van der Waals surface area contributed by atoms with Gasteiger partial charge in [0.2, 0.25) is 11.1 Å². The van der Waals surface area contributed by atoms with Crippen molar-refractivity contribution in [3.63, 3.8) is 0 Å². The zero-order valence-electron chi connectivity index (χ0n) is 13.6. The molecular weight excluding hydrogens is 389 g/mol. The molecule has 3 rings (SSSR count). The summed E-state index contributed by atoms with van der Waals surface area (Å²) >= 11 is 1.04. The molecule has 13 heteroatoms. The Hall–Kier alpha value is -3.09. The summed E-state index contributed by atoms with van der Waals surface area (Å²) in [4.78, 5) is 11.9. The molecule has 9 nitrogen and oxygen atoms in total. The zero-order chi connectivity index (χ0) is 19.4. The van der Waals surface area contributed by atoms with E-state index in [1.165, 1.54) is 16.8 Å². The molecule has 0 bridgehead atoms. The van der Waals surface area contributed by atoms with Gasteiger partial charge >= 0.3 is 6.36 Å². The molecule has 1 N–H and O–H groups in total. The van der Waals surface area contributed by atoms with Gasteiger partial charge in [0.1, 0.15) is 11.5 Å². The number of benzene rings is 1. The van der Waals surface area contributed by atoms with Gasteiger partial charge in [-0.1, -0.05) is 16.9 Å². The van der Waals surface area contributed by atoms with Crippen molar-refractivity contribution in [1.29, 1.82) is 0 Å². The van der Waals surface area contributed by atoms with Gasteiger partial charge < -0.3 is 14.6 Å². The standard InChI is InChI=1S/C14H11F3N6O3S/c1-8-6-11(20-26-8)18-12(24)7-27-13-19-21-22-23(13)9-2-4-10(5-3-9)25-14(15,16)17/h2-6H,7H2,1H3,(H,18,20,24). The van der Waals surface area contributed by atoms with Crippen LogP contribution in [0.1, 0.15) is 5.76 Å². The fourth-order valence-corrected chi connectivity index (χ4v) is 2.65. The molecule has 0 aliphatic carbocycles. The van der Waals surface area contributed by atoms with E-state index in [1.807, 2.05) is 0 Å². The predicted molar refractivity (Wildman–Crippen MR) is 86.4 cm³/mol. The normalized spacial score (nSPS) is 11.4. The molecule has 2 aromatic heterocycles. The summed E-state index contributed by atoms with van der Waals surface area (Å²) < 4.78 is 46.5. The van der Waals surface area contributed by atoms with Crippen molar-refractivity contribution in [3.05, 3.63) is 36.1 Å². The molecule has 1 aromatic carbocycles. The minimum atomic E-state index is -4.77. The first kappa shape index (κ1) is 18.7. The Kier molecular flexibility index (Phi) is 5.30. The van der Waals surface area contributed by atoms with Gasteiger partial charge in [-0.25, -0.2) is 0 Å². The highest BCUT2D eigenvalue weighted by molar-refractivity contribution is 7.99. The van der Waals surface area contributed by atoms with Crippen molar-refractivity contribution in [1.82, 2.24) is 25.4 Å². The molecule has 0 unspecified atom stereocenters. The van der Waals surface area contributed by atoms with E-state index < -0.39 is 6.36 Å². The number of aromatic nitrogens is 5. The minimum absolute atomic E-state index is 0.0124. The van der Waals surface area contributed by atoms with Gasteiger partial charge in [-0.2, -0.15) is 4.68 Å². The van der Waals surface area contributed by atoms with E-state index in [9.17, 15) is 18.0 Å². The maximum Gasteiger partial charge on any atom is 0.573 e. The third kappa shape index (κ3) is 5.20. The third-order valence-electron chi connectivity index (χ3n) is 2.98. The number of thioether (sulfide) groups is 1. The lowest BCUT2D eigenvalue weighted by Crippen LogP contribution is -2.17. The maximum absolute atomic E-state index is 12.2. The average molecular weight is 400 g/mol. The summed E-state index contributed by atoms with van der Waals surface area (Å²) in [7, 11) is 0. The molecule has 0 fully saturated rings. The van der Waals surface area contributed by atoms with E-state index >= 15 is 0 Å². The molecule has 3 aromatic rings. The first-order valence-electron chi connectivity index (χ1n) is 7.31. The summed E-state index contributed by atoms with van der Waals surface area (Å²) in [5.41, 5.74) is 0.407. The van der Waals surface area contributed by atoms with Crippen molar-refractivity contribution in [2.75, 3.05) is 11.1 Å². The number of nitrogens with one attached hydrogen (secondary N) is 1. The van der Waals surface area contributed by atoms with Gasteiger partial charge in [0.05, 0.1) is 11.4 Å². The second-order valence-electron chi connectivity index (χ2n) is 5.07. The van der Waals surface area contributed by atoms with Crippen molar-refractivity contribution < 1.29 is 27.2 Å². The van der Waals surface area contributed by atoms with Crippen LogP contribution in [0.2, 0.25) is 0 Å². The van der Waals surface area contributed by atoms with Gasteiger partial charge in [-0.15, -0.1) is 18.3 Å². The Morgan fingerprint density at radius 3 is 2.70 bits per heavy atom. The second kappa shape index (κ2) is 7.65. The van der Waals surface area contributed by atoms with E-state index in [0.29, 0.717) is 11.4 Å². The van der Waals surface area contributed by atoms with Crippen LogP contribution in [-0.4, -0.2) is 43.4 Å². The lowest BCUT2D eigenvalue weighted by molar-refractivity contribution is -0.274. The first-order valence-corrected chi connectivity index (χ1v) is 8.29. The topological polar surface area (TPSA) is 108 Å². The molecule has 0 saturated carbocycles. The summed E-state index contributed by atoms with van der Waals surface area (Å²) in [6.07, 6.45) is -4.77. The molecule has 0 saturated heterocycles. The van der Waals surface area contributed by atoms with Crippen molar-refractivity contribution >= 4 is 23.5 Å². The number of tetrazole rings is 1. The molecule has 0 atom stereocenters. The molecule has 1 amide bonds. The Bertz CT molecular complexity index is 925. The Morgan fingerprint density at radius 1 is 1.33 bits per heavy atom. The number of hydrogen-bond donors (Lipinski definition) is 1. The van der Waals surface area contributed by atoms with Crippen LogP contribution < -0.4 is 10.1 Å². The number of aryl methyl sites for hydroxylation is 1. The van der Waals surface area contributed by atoms with Crippen LogP contribution in [0.3, 0.4) is 0 Å². The van der Waals surface area contributed by atoms with Crippen molar-refractivity contribution in [2.24, 2.45) is 0 Å². The first-order chi connectivity index (χ1) is 12.8. The van der Waals surface area contributed by atoms with Gasteiger partial charge in [-0.3, -0.25) is 4.79 Å². The van der Waals surface area contributed by atoms with Crippen LogP contribution in [0.5, 0.6) is 5.75 Å². The second-order valence-corrected chi connectivity index (χ2v) is 6.02. The van der Waals surface area contributed by atoms with Gasteiger partial charge in [0, 0.05) is 6.07 Å². The number of hydrogen-bond acceptors (Lipinski definition) is 8. The number of amides is 1. The molecule has 2 heterocycles. The fraction of sp³-hybridized carbons (Fsp3) is 0.214. The molecule has 0 aliphatic heterocycles. The van der Waals surface area contributed by atoms with Crippen LogP contribution in [0.25, 0.3) is 5.69 Å². The van der Waals surface area contributed by atoms with Gasteiger partial charge in [0.25, 0.3) is 0 Å². The lowest BCUT2D eigenvalue weighted by atomic mass is 10.3. The minimum Gasteiger partial charge on any atom is -0.406 e. The molecular formula is C14H11F3N6O3S. The summed E-state index contributed by atoms with van der Waals surface area (Å²) in [6.45, 7) is 1.69. The number of ether oxygens (including phenoxy) is 1.